The molecule has 0 unspecified atom stereocenters. The Kier molecular flexibility index (Phi) is 8.58. The molecular weight excluding hydrogens is 424 g/mol. The van der Waals surface area contributed by atoms with Gasteiger partial charge in [-0.2, -0.15) is 0 Å². The van der Waals surface area contributed by atoms with Crippen molar-refractivity contribution in [3.8, 4) is 0 Å². The minimum Gasteiger partial charge on any atom is -0.383 e. The van der Waals surface area contributed by atoms with E-state index in [-0.39, 0.29) is 34.8 Å². The number of methoxy groups -OCH3 is 1. The summed E-state index contributed by atoms with van der Waals surface area (Å²) in [6.45, 7) is 4.54. The van der Waals surface area contributed by atoms with E-state index in [4.69, 9.17) is 16.3 Å². The third kappa shape index (κ3) is 6.28. The average Bonchev–Trinajstić information content (AvgIpc) is 3.12. The molecule has 1 heterocycles. The largest absolute Gasteiger partial charge is 0.383 e. The molecule has 1 aromatic heterocycles. The standard InChI is InChI=1S/C21H27ClN4O5/c1-15(2)25(21(28)18-8-7-16(26(29)30)12-19(18)22)14-20(27)24(10-11-31-4)13-17-6-5-9-23(17)3/h5-9,12,15H,10-11,13-14H2,1-4H3. The molecule has 0 aliphatic rings. The summed E-state index contributed by atoms with van der Waals surface area (Å²) in [5, 5.41) is 10.9. The molecule has 0 fully saturated rings. The lowest BCUT2D eigenvalue weighted by atomic mass is 10.1. The van der Waals surface area contributed by atoms with E-state index in [1.54, 1.807) is 25.9 Å². The van der Waals surface area contributed by atoms with Gasteiger partial charge in [0.1, 0.15) is 6.54 Å². The normalized spacial score (nSPS) is 10.9. The average molecular weight is 451 g/mol. The van der Waals surface area contributed by atoms with Crippen molar-refractivity contribution in [3.05, 3.63) is 62.9 Å². The molecular formula is C21H27ClN4O5. The number of non-ortho nitro benzene ring substituents is 1. The second-order valence-electron chi connectivity index (χ2n) is 7.37. The van der Waals surface area contributed by atoms with E-state index >= 15 is 0 Å². The Hall–Kier alpha value is -2.91. The Bertz CT molecular complexity index is 944. The number of ether oxygens (including phenoxy) is 1. The quantitative estimate of drug-likeness (QED) is 0.409. The topological polar surface area (TPSA) is 97.9 Å². The maximum Gasteiger partial charge on any atom is 0.270 e. The van der Waals surface area contributed by atoms with Gasteiger partial charge in [0.05, 0.1) is 28.7 Å². The second kappa shape index (κ2) is 10.9. The Balaban J connectivity index is 2.23. The summed E-state index contributed by atoms with van der Waals surface area (Å²) in [7, 11) is 3.46. The van der Waals surface area contributed by atoms with Crippen molar-refractivity contribution in [2.45, 2.75) is 26.4 Å². The Morgan fingerprint density at radius 1 is 1.29 bits per heavy atom. The highest BCUT2D eigenvalue weighted by Crippen LogP contribution is 2.24. The molecule has 0 aliphatic heterocycles. The van der Waals surface area contributed by atoms with Gasteiger partial charge in [-0.05, 0) is 32.0 Å². The number of aromatic nitrogens is 1. The van der Waals surface area contributed by atoms with Crippen molar-refractivity contribution in [1.29, 1.82) is 0 Å². The molecule has 0 N–H and O–H groups in total. The maximum atomic E-state index is 13.1. The van der Waals surface area contributed by atoms with Crippen molar-refractivity contribution >= 4 is 29.1 Å². The molecule has 9 nitrogen and oxygen atoms in total. The minimum absolute atomic E-state index is 0.0302. The zero-order chi connectivity index (χ0) is 23.1. The van der Waals surface area contributed by atoms with Gasteiger partial charge in [0.15, 0.2) is 0 Å². The van der Waals surface area contributed by atoms with Crippen LogP contribution >= 0.6 is 11.6 Å². The lowest BCUT2D eigenvalue weighted by Gasteiger charge is -2.30. The first-order valence-corrected chi connectivity index (χ1v) is 10.1. The van der Waals surface area contributed by atoms with Gasteiger partial charge in [0.2, 0.25) is 5.91 Å². The predicted octanol–water partition coefficient (Wildman–Crippen LogP) is 3.11. The molecule has 0 bridgehead atoms. The number of aryl methyl sites for hydroxylation is 1. The zero-order valence-corrected chi connectivity index (χ0v) is 18.8. The third-order valence-electron chi connectivity index (χ3n) is 4.91. The monoisotopic (exact) mass is 450 g/mol. The van der Waals surface area contributed by atoms with E-state index in [0.717, 1.165) is 11.8 Å². The molecule has 0 radical (unpaired) electrons. The molecule has 0 atom stereocenters. The van der Waals surface area contributed by atoms with Crippen molar-refractivity contribution < 1.29 is 19.2 Å². The van der Waals surface area contributed by atoms with Crippen molar-refractivity contribution in [3.63, 3.8) is 0 Å². The van der Waals surface area contributed by atoms with E-state index in [9.17, 15) is 19.7 Å². The van der Waals surface area contributed by atoms with Gasteiger partial charge in [0.25, 0.3) is 11.6 Å². The molecule has 10 heteroatoms. The number of carbonyl (C=O) groups is 2. The van der Waals surface area contributed by atoms with Crippen LogP contribution in [0.4, 0.5) is 5.69 Å². The molecule has 1 aromatic carbocycles. The summed E-state index contributed by atoms with van der Waals surface area (Å²) in [4.78, 5) is 39.6. The third-order valence-corrected chi connectivity index (χ3v) is 5.22. The zero-order valence-electron chi connectivity index (χ0n) is 18.1. The van der Waals surface area contributed by atoms with Gasteiger partial charge in [-0.15, -0.1) is 0 Å². The number of nitrogens with zero attached hydrogens (tertiary/aromatic N) is 4. The Morgan fingerprint density at radius 2 is 2.00 bits per heavy atom. The predicted molar refractivity (Wildman–Crippen MR) is 117 cm³/mol. The number of carbonyl (C=O) groups excluding carboxylic acids is 2. The molecule has 31 heavy (non-hydrogen) atoms. The first kappa shape index (κ1) is 24.4. The SMILES string of the molecule is COCCN(Cc1cccn1C)C(=O)CN(C(=O)c1ccc([N+](=O)[O-])cc1Cl)C(C)C. The van der Waals surface area contributed by atoms with Crippen molar-refractivity contribution in [2.75, 3.05) is 26.8 Å². The second-order valence-corrected chi connectivity index (χ2v) is 7.77. The number of nitro benzene ring substituents is 1. The molecule has 0 aliphatic carbocycles. The highest BCUT2D eigenvalue weighted by molar-refractivity contribution is 6.34. The van der Waals surface area contributed by atoms with Crippen LogP contribution in [0.25, 0.3) is 0 Å². The van der Waals surface area contributed by atoms with Crippen LogP contribution in [0.2, 0.25) is 5.02 Å². The lowest BCUT2D eigenvalue weighted by molar-refractivity contribution is -0.384. The fourth-order valence-corrected chi connectivity index (χ4v) is 3.29. The number of amides is 2. The van der Waals surface area contributed by atoms with Gasteiger partial charge in [0, 0.05) is 50.8 Å². The number of rotatable bonds is 10. The fourth-order valence-electron chi connectivity index (χ4n) is 3.03. The van der Waals surface area contributed by atoms with Crippen LogP contribution in [0.5, 0.6) is 0 Å². The first-order chi connectivity index (χ1) is 14.6. The summed E-state index contributed by atoms with van der Waals surface area (Å²) in [6, 6.07) is 7.20. The van der Waals surface area contributed by atoms with E-state index in [2.05, 4.69) is 0 Å². The number of benzene rings is 1. The molecule has 0 spiro atoms. The molecule has 2 amide bonds. The van der Waals surface area contributed by atoms with Crippen LogP contribution in [0.15, 0.2) is 36.5 Å². The summed E-state index contributed by atoms with van der Waals surface area (Å²) in [5.41, 5.74) is 0.854. The highest BCUT2D eigenvalue weighted by Gasteiger charge is 2.27. The molecule has 2 aromatic rings. The van der Waals surface area contributed by atoms with Crippen LogP contribution in [0.1, 0.15) is 29.9 Å². The van der Waals surface area contributed by atoms with Gasteiger partial charge in [-0.25, -0.2) is 0 Å². The van der Waals surface area contributed by atoms with E-state index in [1.165, 1.54) is 17.0 Å². The van der Waals surface area contributed by atoms with E-state index in [0.29, 0.717) is 19.7 Å². The molecule has 0 saturated heterocycles. The van der Waals surface area contributed by atoms with Gasteiger partial charge in [-0.3, -0.25) is 19.7 Å². The van der Waals surface area contributed by atoms with Crippen LogP contribution in [-0.4, -0.2) is 64.0 Å². The van der Waals surface area contributed by atoms with Crippen molar-refractivity contribution in [2.24, 2.45) is 7.05 Å². The smallest absolute Gasteiger partial charge is 0.270 e. The Labute approximate surface area is 186 Å². The van der Waals surface area contributed by atoms with E-state index in [1.807, 2.05) is 29.9 Å². The lowest BCUT2D eigenvalue weighted by Crippen LogP contribution is -2.46. The first-order valence-electron chi connectivity index (χ1n) is 9.77. The van der Waals surface area contributed by atoms with Gasteiger partial charge >= 0.3 is 0 Å². The molecule has 168 valence electrons. The summed E-state index contributed by atoms with van der Waals surface area (Å²) < 4.78 is 7.06. The van der Waals surface area contributed by atoms with Gasteiger partial charge < -0.3 is 19.1 Å². The summed E-state index contributed by atoms with van der Waals surface area (Å²) >= 11 is 6.13. The Morgan fingerprint density at radius 3 is 2.52 bits per heavy atom. The minimum atomic E-state index is -0.582. The fraction of sp³-hybridized carbons (Fsp3) is 0.429. The molecule has 2 rings (SSSR count). The molecule has 0 saturated carbocycles. The summed E-state index contributed by atoms with van der Waals surface area (Å²) in [6.07, 6.45) is 1.90. The van der Waals surface area contributed by atoms with Crippen LogP contribution < -0.4 is 0 Å². The van der Waals surface area contributed by atoms with Crippen LogP contribution in [0.3, 0.4) is 0 Å². The number of halogens is 1. The number of hydrogen-bond donors (Lipinski definition) is 0. The number of hydrogen-bond acceptors (Lipinski definition) is 5. The van der Waals surface area contributed by atoms with Crippen molar-refractivity contribution in [1.82, 2.24) is 14.4 Å². The number of nitro groups is 1. The summed E-state index contributed by atoms with van der Waals surface area (Å²) in [5.74, 6) is -0.702. The maximum absolute atomic E-state index is 13.1. The van der Waals surface area contributed by atoms with Crippen LogP contribution in [-0.2, 0) is 23.1 Å². The van der Waals surface area contributed by atoms with Gasteiger partial charge in [-0.1, -0.05) is 11.6 Å². The highest BCUT2D eigenvalue weighted by atomic mass is 35.5. The van der Waals surface area contributed by atoms with E-state index < -0.39 is 10.8 Å². The van der Waals surface area contributed by atoms with Crippen LogP contribution in [0, 0.1) is 10.1 Å².